The molecule has 6 nitrogen and oxygen atoms in total. The lowest BCUT2D eigenvalue weighted by Gasteiger charge is -2.28. The quantitative estimate of drug-likeness (QED) is 0.136. The maximum atomic E-state index is 12.7. The minimum Gasteiger partial charge on any atom is -0.468 e. The van der Waals surface area contributed by atoms with Gasteiger partial charge in [-0.05, 0) is 83.9 Å². The van der Waals surface area contributed by atoms with Crippen molar-refractivity contribution in [1.29, 1.82) is 0 Å². The van der Waals surface area contributed by atoms with Crippen molar-refractivity contribution < 1.29 is 18.4 Å². The lowest BCUT2D eigenvalue weighted by molar-refractivity contribution is -0.156. The molecule has 0 bridgehead atoms. The molecule has 0 saturated carbocycles. The summed E-state index contributed by atoms with van der Waals surface area (Å²) in [6, 6.07) is 20.7. The van der Waals surface area contributed by atoms with Crippen molar-refractivity contribution in [1.82, 2.24) is 9.88 Å². The number of furan rings is 1. The molecule has 2 aromatic carbocycles. The van der Waals surface area contributed by atoms with E-state index in [1.165, 1.54) is 22.9 Å². The predicted octanol–water partition coefficient (Wildman–Crippen LogP) is 7.89. The van der Waals surface area contributed by atoms with Crippen LogP contribution in [0.25, 0.3) is 0 Å². The minimum absolute atomic E-state index is 0.220. The third kappa shape index (κ3) is 8.60. The van der Waals surface area contributed by atoms with E-state index in [2.05, 4.69) is 60.4 Å². The zero-order valence-corrected chi connectivity index (χ0v) is 25.4. The second kappa shape index (κ2) is 12.5. The van der Waals surface area contributed by atoms with Gasteiger partial charge in [0.2, 0.25) is 0 Å². The molecule has 0 aliphatic rings. The number of ether oxygens (including phenoxy) is 1. The van der Waals surface area contributed by atoms with Crippen LogP contribution in [0.2, 0.25) is 0 Å². The van der Waals surface area contributed by atoms with Crippen molar-refractivity contribution >= 4 is 17.7 Å². The summed E-state index contributed by atoms with van der Waals surface area (Å²) >= 11 is 1.51. The van der Waals surface area contributed by atoms with Crippen molar-refractivity contribution in [2.45, 2.75) is 89.8 Å². The summed E-state index contributed by atoms with van der Waals surface area (Å²) in [6.07, 6.45) is 2.36. The van der Waals surface area contributed by atoms with E-state index >= 15 is 0 Å². The zero-order valence-electron chi connectivity index (χ0n) is 24.6. The lowest BCUT2D eigenvalue weighted by atomic mass is 10.1. The first kappa shape index (κ1) is 29.7. The van der Waals surface area contributed by atoms with Crippen LogP contribution in [-0.4, -0.2) is 26.2 Å². The molecule has 2 aromatic heterocycles. The molecule has 0 amide bonds. The Hall–Kier alpha value is -3.29. The van der Waals surface area contributed by atoms with Crippen molar-refractivity contribution in [3.8, 4) is 0 Å². The van der Waals surface area contributed by atoms with Gasteiger partial charge in [0.1, 0.15) is 21.9 Å². The maximum absolute atomic E-state index is 12.7. The molecule has 212 valence electrons. The Morgan fingerprint density at radius 2 is 1.57 bits per heavy atom. The number of oxazole rings is 1. The fraction of sp³-hybridized carbons (Fsp3) is 0.394. The number of nitrogens with zero attached hydrogens (tertiary/aromatic N) is 2. The van der Waals surface area contributed by atoms with E-state index < -0.39 is 10.3 Å². The van der Waals surface area contributed by atoms with Crippen LogP contribution < -0.4 is 0 Å². The summed E-state index contributed by atoms with van der Waals surface area (Å²) in [4.78, 5) is 20.7. The first-order valence-corrected chi connectivity index (χ1v) is 14.4. The van der Waals surface area contributed by atoms with Gasteiger partial charge in [0.25, 0.3) is 0 Å². The van der Waals surface area contributed by atoms with E-state index in [0.29, 0.717) is 26.1 Å². The number of carbonyl (C=O) groups excluding carboxylic acids is 1. The number of hydrogen-bond acceptors (Lipinski definition) is 7. The summed E-state index contributed by atoms with van der Waals surface area (Å²) in [5, 5.41) is 0. The Kier molecular flexibility index (Phi) is 9.26. The van der Waals surface area contributed by atoms with Crippen LogP contribution in [0, 0.1) is 13.8 Å². The van der Waals surface area contributed by atoms with E-state index in [1.54, 1.807) is 6.26 Å². The summed E-state index contributed by atoms with van der Waals surface area (Å²) in [7, 11) is 0. The summed E-state index contributed by atoms with van der Waals surface area (Å²) in [5.41, 5.74) is 3.96. The highest BCUT2D eigenvalue weighted by molar-refractivity contribution is 8.01. The van der Waals surface area contributed by atoms with Crippen LogP contribution in [0.3, 0.4) is 0 Å². The zero-order chi connectivity index (χ0) is 28.9. The standard InChI is InChI=1S/C33H40N2O4S/c1-23-10-12-25(13-11-23)19-30-34-24(2)29(38-30)22-35(21-27-9-8-18-37-27)20-26-14-16-28(17-15-26)40-33(6,7)31(36)39-32(3,4)5/h8-18H,19-22H2,1-7H3. The molecule has 0 fully saturated rings. The molecule has 0 atom stereocenters. The number of carbonyl (C=O) groups is 1. The monoisotopic (exact) mass is 560 g/mol. The van der Waals surface area contributed by atoms with E-state index in [9.17, 15) is 4.79 Å². The number of esters is 1. The molecule has 40 heavy (non-hydrogen) atoms. The molecule has 0 aliphatic carbocycles. The highest BCUT2D eigenvalue weighted by atomic mass is 32.2. The molecule has 0 spiro atoms. The number of rotatable bonds is 11. The minimum atomic E-state index is -0.694. The Labute approximate surface area is 242 Å². The van der Waals surface area contributed by atoms with Gasteiger partial charge in [-0.15, -0.1) is 11.8 Å². The van der Waals surface area contributed by atoms with Crippen LogP contribution in [0.5, 0.6) is 0 Å². The summed E-state index contributed by atoms with van der Waals surface area (Å²) in [5.74, 6) is 2.26. The van der Waals surface area contributed by atoms with Gasteiger partial charge in [-0.3, -0.25) is 9.69 Å². The van der Waals surface area contributed by atoms with E-state index in [0.717, 1.165) is 33.6 Å². The van der Waals surface area contributed by atoms with Crippen LogP contribution in [0.1, 0.15) is 74.4 Å². The smallest absolute Gasteiger partial charge is 0.322 e. The van der Waals surface area contributed by atoms with Gasteiger partial charge in [0.15, 0.2) is 5.89 Å². The predicted molar refractivity (Wildman–Crippen MR) is 159 cm³/mol. The van der Waals surface area contributed by atoms with Gasteiger partial charge in [0, 0.05) is 17.9 Å². The van der Waals surface area contributed by atoms with Crippen molar-refractivity contribution in [2.24, 2.45) is 0 Å². The average molecular weight is 561 g/mol. The molecule has 4 aromatic rings. The second-order valence-corrected chi connectivity index (χ2v) is 13.5. The molecular formula is C33H40N2O4S. The van der Waals surface area contributed by atoms with Gasteiger partial charge >= 0.3 is 5.97 Å². The molecule has 0 aliphatic heterocycles. The fourth-order valence-corrected chi connectivity index (χ4v) is 5.23. The number of thioether (sulfide) groups is 1. The molecule has 0 unspecified atom stereocenters. The van der Waals surface area contributed by atoms with Gasteiger partial charge < -0.3 is 13.6 Å². The van der Waals surface area contributed by atoms with Gasteiger partial charge in [0.05, 0.1) is 25.0 Å². The van der Waals surface area contributed by atoms with Crippen LogP contribution in [0.4, 0.5) is 0 Å². The van der Waals surface area contributed by atoms with Crippen LogP contribution in [0.15, 0.2) is 80.7 Å². The molecular weight excluding hydrogens is 520 g/mol. The summed E-state index contributed by atoms with van der Waals surface area (Å²) in [6.45, 7) is 15.5. The van der Waals surface area contributed by atoms with Crippen molar-refractivity contribution in [3.63, 3.8) is 0 Å². The first-order chi connectivity index (χ1) is 18.9. The molecule has 4 rings (SSSR count). The molecule has 2 heterocycles. The lowest BCUT2D eigenvalue weighted by Crippen LogP contribution is -2.36. The van der Waals surface area contributed by atoms with Crippen molar-refractivity contribution in [2.75, 3.05) is 0 Å². The Bertz CT molecular complexity index is 1380. The largest absolute Gasteiger partial charge is 0.468 e. The number of aryl methyl sites for hydroxylation is 2. The second-order valence-electron chi connectivity index (χ2n) is 11.8. The average Bonchev–Trinajstić information content (AvgIpc) is 3.50. The van der Waals surface area contributed by atoms with E-state index in [4.69, 9.17) is 18.6 Å². The Morgan fingerprint density at radius 1 is 0.900 bits per heavy atom. The number of hydrogen-bond donors (Lipinski definition) is 0. The third-order valence-corrected chi connectivity index (χ3v) is 7.52. The molecule has 0 radical (unpaired) electrons. The Morgan fingerprint density at radius 3 is 2.20 bits per heavy atom. The van der Waals surface area contributed by atoms with E-state index in [-0.39, 0.29) is 5.97 Å². The number of aromatic nitrogens is 1. The SMILES string of the molecule is Cc1ccc(Cc2nc(C)c(CN(Cc3ccc(SC(C)(C)C(=O)OC(C)(C)C)cc3)Cc3ccco3)o2)cc1. The van der Waals surface area contributed by atoms with Crippen LogP contribution in [-0.2, 0) is 35.6 Å². The molecule has 0 saturated heterocycles. The Balaban J connectivity index is 1.45. The highest BCUT2D eigenvalue weighted by Crippen LogP contribution is 2.35. The van der Waals surface area contributed by atoms with Gasteiger partial charge in [-0.1, -0.05) is 42.0 Å². The maximum Gasteiger partial charge on any atom is 0.322 e. The number of benzene rings is 2. The normalized spacial score (nSPS) is 12.2. The van der Waals surface area contributed by atoms with Gasteiger partial charge in [-0.2, -0.15) is 0 Å². The third-order valence-electron chi connectivity index (χ3n) is 6.33. The summed E-state index contributed by atoms with van der Waals surface area (Å²) < 4.78 is 16.8. The molecule has 0 N–H and O–H groups in total. The first-order valence-electron chi connectivity index (χ1n) is 13.6. The van der Waals surface area contributed by atoms with E-state index in [1.807, 2.05) is 53.7 Å². The topological polar surface area (TPSA) is 68.7 Å². The highest BCUT2D eigenvalue weighted by Gasteiger charge is 2.33. The van der Waals surface area contributed by atoms with Crippen LogP contribution >= 0.6 is 11.8 Å². The molecule has 7 heteroatoms. The van der Waals surface area contributed by atoms with Gasteiger partial charge in [-0.25, -0.2) is 4.98 Å². The fourth-order valence-electron chi connectivity index (χ4n) is 4.24. The van der Waals surface area contributed by atoms with Crippen molar-refractivity contribution in [3.05, 3.63) is 107 Å².